The van der Waals surface area contributed by atoms with Crippen LogP contribution < -0.4 is 4.74 Å². The zero-order chi connectivity index (χ0) is 20.1. The Morgan fingerprint density at radius 2 is 1.79 bits per heavy atom. The van der Waals surface area contributed by atoms with E-state index in [2.05, 4.69) is 4.90 Å². The van der Waals surface area contributed by atoms with Crippen LogP contribution in [-0.2, 0) is 17.8 Å². The summed E-state index contributed by atoms with van der Waals surface area (Å²) in [6.07, 6.45) is 0. The topological polar surface area (TPSA) is 51.7 Å². The third-order valence-electron chi connectivity index (χ3n) is 4.74. The monoisotopic (exact) mass is 378 g/mol. The lowest BCUT2D eigenvalue weighted by molar-refractivity contribution is 0.0522. The Hall–Kier alpha value is -2.92. The summed E-state index contributed by atoms with van der Waals surface area (Å²) in [5.74, 6) is 0.522. The van der Waals surface area contributed by atoms with Gasteiger partial charge in [0, 0.05) is 18.5 Å². The van der Waals surface area contributed by atoms with Crippen LogP contribution in [0.15, 0.2) is 48.5 Å². The molecule has 0 aliphatic rings. The van der Waals surface area contributed by atoms with Crippen LogP contribution >= 0.6 is 0 Å². The van der Waals surface area contributed by atoms with Crippen molar-refractivity contribution >= 4 is 16.9 Å². The summed E-state index contributed by atoms with van der Waals surface area (Å²) < 4.78 is 10.5. The van der Waals surface area contributed by atoms with Gasteiger partial charge in [-0.1, -0.05) is 30.3 Å². The van der Waals surface area contributed by atoms with E-state index >= 15 is 0 Å². The number of fused-ring (bicyclic) bond motifs is 1. The number of nitrogens with zero attached hydrogens (tertiary/aromatic N) is 2. The van der Waals surface area contributed by atoms with Crippen LogP contribution in [0.25, 0.3) is 10.9 Å². The molecule has 0 amide bonds. The smallest absolute Gasteiger partial charge is 0.340 e. The lowest BCUT2D eigenvalue weighted by atomic mass is 10.0. The van der Waals surface area contributed by atoms with Crippen molar-refractivity contribution in [2.45, 2.75) is 26.9 Å². The summed E-state index contributed by atoms with van der Waals surface area (Å²) in [5, 5.41) is 0.979. The average molecular weight is 378 g/mol. The zero-order valence-corrected chi connectivity index (χ0v) is 16.9. The number of pyridine rings is 1. The number of carbonyl (C=O) groups is 1. The van der Waals surface area contributed by atoms with Gasteiger partial charge in [0.25, 0.3) is 0 Å². The van der Waals surface area contributed by atoms with Crippen LogP contribution in [0.1, 0.15) is 34.1 Å². The van der Waals surface area contributed by atoms with Crippen molar-refractivity contribution in [3.63, 3.8) is 0 Å². The summed E-state index contributed by atoms with van der Waals surface area (Å²) in [7, 11) is 3.68. The van der Waals surface area contributed by atoms with Gasteiger partial charge in [0.1, 0.15) is 5.75 Å². The normalized spacial score (nSPS) is 11.0. The maximum absolute atomic E-state index is 12.6. The highest BCUT2D eigenvalue weighted by atomic mass is 16.5. The molecule has 0 radical (unpaired) electrons. The third kappa shape index (κ3) is 4.31. The fourth-order valence-electron chi connectivity index (χ4n) is 3.38. The summed E-state index contributed by atoms with van der Waals surface area (Å²) in [6.45, 7) is 5.40. The molecule has 0 saturated carbocycles. The van der Waals surface area contributed by atoms with E-state index in [0.717, 1.165) is 34.5 Å². The molecule has 0 atom stereocenters. The fraction of sp³-hybridized carbons (Fsp3) is 0.304. The maximum atomic E-state index is 12.6. The average Bonchev–Trinajstić information content (AvgIpc) is 2.69. The number of para-hydroxylation sites is 1. The number of hydrogen-bond acceptors (Lipinski definition) is 5. The third-order valence-corrected chi connectivity index (χ3v) is 4.74. The molecule has 1 heterocycles. The number of esters is 1. The predicted octanol–water partition coefficient (Wildman–Crippen LogP) is 4.36. The van der Waals surface area contributed by atoms with Gasteiger partial charge < -0.3 is 9.47 Å². The first-order valence-electron chi connectivity index (χ1n) is 9.40. The first kappa shape index (κ1) is 19.8. The van der Waals surface area contributed by atoms with Crippen LogP contribution in [0.4, 0.5) is 0 Å². The number of aryl methyl sites for hydroxylation is 1. The molecule has 3 rings (SSSR count). The first-order valence-corrected chi connectivity index (χ1v) is 9.40. The van der Waals surface area contributed by atoms with E-state index in [9.17, 15) is 4.79 Å². The van der Waals surface area contributed by atoms with E-state index in [1.165, 1.54) is 5.56 Å². The van der Waals surface area contributed by atoms with Gasteiger partial charge in [-0.15, -0.1) is 0 Å². The van der Waals surface area contributed by atoms with Gasteiger partial charge in [0.05, 0.1) is 30.5 Å². The van der Waals surface area contributed by atoms with Crippen molar-refractivity contribution in [3.8, 4) is 5.75 Å². The lowest BCUT2D eigenvalue weighted by Crippen LogP contribution is -2.21. The lowest BCUT2D eigenvalue weighted by Gasteiger charge is -2.20. The SMILES string of the molecule is CCOC(=O)c1c(CN(C)Cc2ccc(OC)cc2)nc2ccccc2c1C. The van der Waals surface area contributed by atoms with Crippen molar-refractivity contribution in [1.82, 2.24) is 9.88 Å². The molecule has 0 unspecified atom stereocenters. The number of benzene rings is 2. The summed E-state index contributed by atoms with van der Waals surface area (Å²) in [4.78, 5) is 19.6. The minimum absolute atomic E-state index is 0.314. The van der Waals surface area contributed by atoms with E-state index in [0.29, 0.717) is 18.7 Å². The molecule has 0 bridgehead atoms. The molecule has 0 spiro atoms. The van der Waals surface area contributed by atoms with Gasteiger partial charge in [0.15, 0.2) is 0 Å². The number of methoxy groups -OCH3 is 1. The number of carbonyl (C=O) groups excluding carboxylic acids is 1. The van der Waals surface area contributed by atoms with Gasteiger partial charge in [-0.2, -0.15) is 0 Å². The first-order chi connectivity index (χ1) is 13.5. The highest BCUT2D eigenvalue weighted by Crippen LogP contribution is 2.25. The Bertz CT molecular complexity index is 967. The Balaban J connectivity index is 1.91. The number of hydrogen-bond donors (Lipinski definition) is 0. The van der Waals surface area contributed by atoms with Crippen LogP contribution in [0.5, 0.6) is 5.75 Å². The van der Waals surface area contributed by atoms with Crippen molar-refractivity contribution in [3.05, 3.63) is 70.9 Å². The molecular formula is C23H26N2O3. The van der Waals surface area contributed by atoms with Gasteiger partial charge in [-0.3, -0.25) is 9.88 Å². The second-order valence-corrected chi connectivity index (χ2v) is 6.82. The summed E-state index contributed by atoms with van der Waals surface area (Å²) in [6, 6.07) is 15.9. The molecule has 0 saturated heterocycles. The van der Waals surface area contributed by atoms with E-state index in [1.807, 2.05) is 69.4 Å². The fourth-order valence-corrected chi connectivity index (χ4v) is 3.38. The Kier molecular flexibility index (Phi) is 6.26. The minimum atomic E-state index is -0.314. The molecule has 146 valence electrons. The minimum Gasteiger partial charge on any atom is -0.497 e. The van der Waals surface area contributed by atoms with Crippen LogP contribution in [0, 0.1) is 6.92 Å². The van der Waals surface area contributed by atoms with Crippen molar-refractivity contribution in [2.75, 3.05) is 20.8 Å². The number of aromatic nitrogens is 1. The Morgan fingerprint density at radius 3 is 2.46 bits per heavy atom. The second kappa shape index (κ2) is 8.85. The summed E-state index contributed by atoms with van der Waals surface area (Å²) in [5.41, 5.74) is 4.28. The molecule has 0 fully saturated rings. The van der Waals surface area contributed by atoms with Gasteiger partial charge in [-0.05, 0) is 50.2 Å². The van der Waals surface area contributed by atoms with Gasteiger partial charge >= 0.3 is 5.97 Å². The number of rotatable bonds is 7. The molecule has 5 nitrogen and oxygen atoms in total. The second-order valence-electron chi connectivity index (χ2n) is 6.82. The maximum Gasteiger partial charge on any atom is 0.340 e. The molecule has 5 heteroatoms. The molecule has 1 aromatic heterocycles. The van der Waals surface area contributed by atoms with E-state index in [1.54, 1.807) is 7.11 Å². The van der Waals surface area contributed by atoms with E-state index in [-0.39, 0.29) is 5.97 Å². The van der Waals surface area contributed by atoms with E-state index < -0.39 is 0 Å². The molecule has 0 aliphatic heterocycles. The highest BCUT2D eigenvalue weighted by molar-refractivity contribution is 5.98. The zero-order valence-electron chi connectivity index (χ0n) is 16.9. The Morgan fingerprint density at radius 1 is 1.07 bits per heavy atom. The molecule has 28 heavy (non-hydrogen) atoms. The van der Waals surface area contributed by atoms with Crippen molar-refractivity contribution in [1.29, 1.82) is 0 Å². The molecule has 0 N–H and O–H groups in total. The Labute approximate surface area is 165 Å². The van der Waals surface area contributed by atoms with Crippen LogP contribution in [0.3, 0.4) is 0 Å². The molecular weight excluding hydrogens is 352 g/mol. The molecule has 0 aliphatic carbocycles. The van der Waals surface area contributed by atoms with Crippen molar-refractivity contribution in [2.24, 2.45) is 0 Å². The molecule has 3 aromatic rings. The summed E-state index contributed by atoms with van der Waals surface area (Å²) >= 11 is 0. The standard InChI is InChI=1S/C23H26N2O3/c1-5-28-23(26)22-16(2)19-8-6-7-9-20(19)24-21(22)15-25(3)14-17-10-12-18(27-4)13-11-17/h6-13H,5,14-15H2,1-4H3. The number of ether oxygens (including phenoxy) is 2. The quantitative estimate of drug-likeness (QED) is 0.572. The van der Waals surface area contributed by atoms with Crippen LogP contribution in [-0.4, -0.2) is 36.6 Å². The highest BCUT2D eigenvalue weighted by Gasteiger charge is 2.20. The predicted molar refractivity (Wildman–Crippen MR) is 111 cm³/mol. The molecule has 2 aromatic carbocycles. The largest absolute Gasteiger partial charge is 0.497 e. The van der Waals surface area contributed by atoms with Gasteiger partial charge in [0.2, 0.25) is 0 Å². The van der Waals surface area contributed by atoms with Crippen molar-refractivity contribution < 1.29 is 14.3 Å². The van der Waals surface area contributed by atoms with Gasteiger partial charge in [-0.25, -0.2) is 4.79 Å². The van der Waals surface area contributed by atoms with E-state index in [4.69, 9.17) is 14.5 Å². The van der Waals surface area contributed by atoms with Crippen LogP contribution in [0.2, 0.25) is 0 Å².